The van der Waals surface area contributed by atoms with Crippen molar-refractivity contribution in [3.05, 3.63) is 52.1 Å². The van der Waals surface area contributed by atoms with Gasteiger partial charge in [-0.15, -0.1) is 0 Å². The van der Waals surface area contributed by atoms with Gasteiger partial charge in [0.1, 0.15) is 17.2 Å². The van der Waals surface area contributed by atoms with Gasteiger partial charge in [0.2, 0.25) is 0 Å². The van der Waals surface area contributed by atoms with Crippen molar-refractivity contribution in [3.63, 3.8) is 0 Å². The van der Waals surface area contributed by atoms with E-state index in [0.29, 0.717) is 25.3 Å². The molecule has 1 aromatic heterocycles. The maximum absolute atomic E-state index is 12.5. The second kappa shape index (κ2) is 11.2. The third kappa shape index (κ3) is 6.48. The van der Waals surface area contributed by atoms with E-state index in [4.69, 9.17) is 23.2 Å². The summed E-state index contributed by atoms with van der Waals surface area (Å²) in [6.07, 6.45) is 4.03. The fraction of sp³-hybridized carbons (Fsp3) is 0.350. The zero-order valence-corrected chi connectivity index (χ0v) is 18.9. The number of amidine groups is 1. The molecule has 9 nitrogen and oxygen atoms in total. The van der Waals surface area contributed by atoms with Gasteiger partial charge in [0.15, 0.2) is 0 Å². The van der Waals surface area contributed by atoms with Crippen LogP contribution in [0.3, 0.4) is 0 Å². The first-order valence-corrected chi connectivity index (χ1v) is 10.7. The maximum atomic E-state index is 12.5. The molecule has 2 aliphatic heterocycles. The van der Waals surface area contributed by atoms with Gasteiger partial charge in [0.05, 0.1) is 29.3 Å². The highest BCUT2D eigenvalue weighted by atomic mass is 35.5. The normalized spacial score (nSPS) is 18.4. The molecule has 0 aliphatic carbocycles. The number of likely N-dealkylation sites (tertiary alicyclic amines) is 1. The summed E-state index contributed by atoms with van der Waals surface area (Å²) in [5, 5.41) is 11.3. The van der Waals surface area contributed by atoms with Crippen LogP contribution < -0.4 is 10.6 Å². The zero-order chi connectivity index (χ0) is 24.0. The lowest BCUT2D eigenvalue weighted by Gasteiger charge is -2.27. The van der Waals surface area contributed by atoms with E-state index in [-0.39, 0.29) is 39.9 Å². The van der Waals surface area contributed by atoms with E-state index in [0.717, 1.165) is 0 Å². The van der Waals surface area contributed by atoms with E-state index >= 15 is 0 Å². The molecular weight excluding hydrogens is 479 g/mol. The van der Waals surface area contributed by atoms with Crippen LogP contribution in [0.5, 0.6) is 0 Å². The Kier molecular flexibility index (Phi) is 8.34. The number of carbonyl (C=O) groups is 2. The molecule has 0 unspecified atom stereocenters. The predicted octanol–water partition coefficient (Wildman–Crippen LogP) is 2.30. The Bertz CT molecular complexity index is 1020. The first kappa shape index (κ1) is 24.6. The first-order valence-electron chi connectivity index (χ1n) is 9.90. The van der Waals surface area contributed by atoms with E-state index in [1.54, 1.807) is 12.2 Å². The topological polar surface area (TPSA) is 102 Å². The third-order valence-electron chi connectivity index (χ3n) is 4.80. The molecule has 13 heteroatoms. The number of aromatic nitrogens is 1. The molecule has 2 N–H and O–H groups in total. The minimum absolute atomic E-state index is 0.0118. The third-order valence-corrected chi connectivity index (χ3v) is 5.51. The number of nitrogens with one attached hydrogen (secondary N) is 2. The minimum atomic E-state index is -2.68. The summed E-state index contributed by atoms with van der Waals surface area (Å²) in [6, 6.07) is 1.23. The predicted molar refractivity (Wildman–Crippen MR) is 122 cm³/mol. The second-order valence-corrected chi connectivity index (χ2v) is 7.94. The number of carbonyl (C=O) groups excluding carboxylic acids is 2. The summed E-state index contributed by atoms with van der Waals surface area (Å²) >= 11 is 11.8. The van der Waals surface area contributed by atoms with Crippen molar-refractivity contribution in [3.8, 4) is 0 Å². The van der Waals surface area contributed by atoms with Gasteiger partial charge in [-0.2, -0.15) is 5.10 Å². The Morgan fingerprint density at radius 1 is 1.36 bits per heavy atom. The summed E-state index contributed by atoms with van der Waals surface area (Å²) in [5.41, 5.74) is 0.146. The van der Waals surface area contributed by atoms with Crippen LogP contribution in [0.2, 0.25) is 10.0 Å². The molecule has 1 aromatic rings. The molecule has 0 aromatic carbocycles. The summed E-state index contributed by atoms with van der Waals surface area (Å²) in [7, 11) is 0. The van der Waals surface area contributed by atoms with Crippen LogP contribution >= 0.6 is 23.2 Å². The van der Waals surface area contributed by atoms with Gasteiger partial charge >= 0.3 is 0 Å². The van der Waals surface area contributed by atoms with E-state index in [1.807, 2.05) is 4.90 Å². The number of halogens is 4. The Morgan fingerprint density at radius 2 is 2.15 bits per heavy atom. The highest BCUT2D eigenvalue weighted by Crippen LogP contribution is 2.21. The van der Waals surface area contributed by atoms with Crippen molar-refractivity contribution in [2.45, 2.75) is 18.9 Å². The monoisotopic (exact) mass is 499 g/mol. The molecule has 1 fully saturated rings. The molecule has 176 valence electrons. The van der Waals surface area contributed by atoms with Gasteiger partial charge in [-0.05, 0) is 25.3 Å². The summed E-state index contributed by atoms with van der Waals surface area (Å²) < 4.78 is 24.9. The van der Waals surface area contributed by atoms with Crippen LogP contribution in [0.4, 0.5) is 8.78 Å². The molecule has 0 bridgehead atoms. The number of aliphatic imine (C=N–C) groups is 1. The molecular formula is C20H21Cl2F2N7O2. The van der Waals surface area contributed by atoms with Crippen LogP contribution in [0, 0.1) is 0 Å². The molecule has 3 heterocycles. The summed E-state index contributed by atoms with van der Waals surface area (Å²) in [4.78, 5) is 34.3. The minimum Gasteiger partial charge on any atom is -0.353 e. The highest BCUT2D eigenvalue weighted by Gasteiger charge is 2.28. The van der Waals surface area contributed by atoms with Gasteiger partial charge < -0.3 is 15.5 Å². The molecule has 2 aliphatic rings. The Hall–Kier alpha value is -3.05. The van der Waals surface area contributed by atoms with Crippen LogP contribution in [-0.2, 0) is 4.79 Å². The Balaban J connectivity index is 1.64. The van der Waals surface area contributed by atoms with Crippen molar-refractivity contribution in [1.29, 1.82) is 0 Å². The van der Waals surface area contributed by atoms with Gasteiger partial charge in [0, 0.05) is 25.3 Å². The number of hydrazone groups is 1. The lowest BCUT2D eigenvalue weighted by molar-refractivity contribution is -0.119. The molecule has 0 spiro atoms. The van der Waals surface area contributed by atoms with Crippen molar-refractivity contribution >= 4 is 47.6 Å². The summed E-state index contributed by atoms with van der Waals surface area (Å²) in [6.45, 7) is 3.87. The largest absolute Gasteiger partial charge is 0.353 e. The molecule has 33 heavy (non-hydrogen) atoms. The Morgan fingerprint density at radius 3 is 2.85 bits per heavy atom. The lowest BCUT2D eigenvalue weighted by Crippen LogP contribution is -2.40. The SMILES string of the molecule is C=N/C=C(/C(=O)NCC(F)F)N1CC=CC(N2CC[C@H](NC(=O)c3cc(Cl)c(Cl)cn3)C2)=N1. The van der Waals surface area contributed by atoms with Gasteiger partial charge in [0.25, 0.3) is 18.2 Å². The number of hydrogen-bond donors (Lipinski definition) is 2. The maximum Gasteiger partial charge on any atom is 0.271 e. The molecule has 2 amide bonds. The van der Waals surface area contributed by atoms with E-state index in [9.17, 15) is 18.4 Å². The van der Waals surface area contributed by atoms with Crippen molar-refractivity contribution in [2.24, 2.45) is 10.1 Å². The molecule has 0 radical (unpaired) electrons. The van der Waals surface area contributed by atoms with Crippen LogP contribution in [-0.4, -0.2) is 77.9 Å². The molecule has 0 saturated carbocycles. The quantitative estimate of drug-likeness (QED) is 0.442. The fourth-order valence-corrected chi connectivity index (χ4v) is 3.51. The smallest absolute Gasteiger partial charge is 0.271 e. The van der Waals surface area contributed by atoms with E-state index in [2.05, 4.69) is 32.4 Å². The number of nitrogens with zero attached hydrogens (tertiary/aromatic N) is 5. The van der Waals surface area contributed by atoms with E-state index < -0.39 is 18.9 Å². The molecule has 1 saturated heterocycles. The molecule has 1 atom stereocenters. The zero-order valence-electron chi connectivity index (χ0n) is 17.3. The first-order chi connectivity index (χ1) is 15.8. The highest BCUT2D eigenvalue weighted by molar-refractivity contribution is 6.42. The standard InChI is InChI=1S/C20H21Cl2F2N7O2/c1-25-9-16(20(33)27-10-17(23)24)31-5-2-3-18(29-31)30-6-4-12(11-30)28-19(32)15-7-13(21)14(22)8-26-15/h2-3,7-9,12,17H,1,4-6,10-11H2,(H,27,33)(H,28,32)/b16-9-/t12-/m0/s1. The number of hydrogen-bond acceptors (Lipinski definition) is 7. The van der Waals surface area contributed by atoms with Crippen molar-refractivity contribution in [2.75, 3.05) is 26.2 Å². The molecule has 3 rings (SSSR count). The van der Waals surface area contributed by atoms with Crippen molar-refractivity contribution in [1.82, 2.24) is 25.5 Å². The lowest BCUT2D eigenvalue weighted by atomic mass is 10.2. The number of rotatable bonds is 7. The Labute approximate surface area is 198 Å². The average Bonchev–Trinajstić information content (AvgIpc) is 3.26. The number of pyridine rings is 1. The fourth-order valence-electron chi connectivity index (χ4n) is 3.25. The van der Waals surface area contributed by atoms with E-state index in [1.165, 1.54) is 23.5 Å². The van der Waals surface area contributed by atoms with Crippen LogP contribution in [0.15, 0.2) is 46.4 Å². The van der Waals surface area contributed by atoms with Gasteiger partial charge in [-0.1, -0.05) is 29.3 Å². The van der Waals surface area contributed by atoms with Gasteiger partial charge in [-0.25, -0.2) is 13.8 Å². The number of alkyl halides is 2. The van der Waals surface area contributed by atoms with Crippen LogP contribution in [0.25, 0.3) is 0 Å². The summed E-state index contributed by atoms with van der Waals surface area (Å²) in [5.74, 6) is -0.551. The average molecular weight is 500 g/mol. The second-order valence-electron chi connectivity index (χ2n) is 7.13. The van der Waals surface area contributed by atoms with Gasteiger partial charge in [-0.3, -0.25) is 19.6 Å². The number of amides is 2. The van der Waals surface area contributed by atoms with Crippen LogP contribution in [0.1, 0.15) is 16.9 Å². The van der Waals surface area contributed by atoms with Crippen molar-refractivity contribution < 1.29 is 18.4 Å².